The number of methoxy groups -OCH3 is 1. The molecule has 0 saturated carbocycles. The maximum atomic E-state index is 12.7. The zero-order chi connectivity index (χ0) is 98.0. The van der Waals surface area contributed by atoms with Crippen LogP contribution in [0.5, 0.6) is 0 Å². The van der Waals surface area contributed by atoms with Gasteiger partial charge in [-0.1, -0.05) is 222 Å². The standard InChI is InChI=1S/C15H24N2O.C14H22N2O.C14H21NO2.C13H19F2N.C13H18N2.C13H19NO2.C13H21NO.C12H20NO/c1-10(2)7-13-8-12(11(3)4)9-14(16-13)15(18)17(5)6;1-9(2)6-12-7-11(10(3)4)8-13(16-12)14(17)15-5;1-9(2)6-12-7-11(10(3)4)8-13(15-12)14(16)17-5;1-8(2)5-11-6-10(9(3)4)7-12(16-11)13(14)15;1-9(2)5-12-6-11(10(3)4)7-13(8-14)15-12;1-8(2)5-11-6-10(9(3)4)7-12(14-11)13(15)16;1-9(2)5-12-6-11(10(3)4)7-13(8-15)14-12;1-9(2)7-12-8-11(10(3)4)5-6-13(12)14/h8-11H,7H2,1-6H3;7-10H,6H2,1-5H3,(H,15,17);7-10H,6H2,1-5H3;6-9,13H,5H2,1-4H3;6-7,9-10H,5H2,1-4H3;6-9H,5H2,1-4H3,(H,15,16);6-7,9-10,15H,5,8H2,1-4H3;5-6,8-10,14H,7H2,1-4H3/q;;;;;;;+1. The first kappa shape index (κ1) is 116. The quantitative estimate of drug-likeness (QED) is 0.0185. The highest BCUT2D eigenvalue weighted by atomic mass is 19.3. The van der Waals surface area contributed by atoms with E-state index in [1.807, 2.05) is 62.4 Å². The maximum absolute atomic E-state index is 12.7. The second-order valence-electron chi connectivity index (χ2n) is 39.5. The minimum absolute atomic E-state index is 0.0255. The first-order chi connectivity index (χ1) is 59.5. The summed E-state index contributed by atoms with van der Waals surface area (Å²) < 4.78 is 31.3. The minimum atomic E-state index is -2.48. The molecular weight excluding hydrogens is 1610 g/mol. The predicted molar refractivity (Wildman–Crippen MR) is 520 cm³/mol. The van der Waals surface area contributed by atoms with Crippen molar-refractivity contribution >= 4 is 23.8 Å². The average molecular weight is 1770 g/mol. The van der Waals surface area contributed by atoms with E-state index in [1.54, 1.807) is 38.3 Å². The topological polar surface area (TPSA) is 271 Å². The number of nitrogens with zero attached hydrogens (tertiary/aromatic N) is 10. The molecule has 8 aromatic heterocycles. The first-order valence-electron chi connectivity index (χ1n) is 46.4. The molecule has 0 fully saturated rings. The summed E-state index contributed by atoms with van der Waals surface area (Å²) in [6.45, 7) is 68.1. The van der Waals surface area contributed by atoms with Crippen molar-refractivity contribution in [2.75, 3.05) is 28.3 Å². The Labute approximate surface area is 770 Å². The Kier molecular flexibility index (Phi) is 53.3. The number of carbonyl (C=O) groups is 4. The van der Waals surface area contributed by atoms with Crippen LogP contribution in [0.2, 0.25) is 0 Å². The Balaban J connectivity index is 0.000000732. The Morgan fingerprint density at radius 2 is 0.680 bits per heavy atom. The van der Waals surface area contributed by atoms with Gasteiger partial charge in [0.1, 0.15) is 40.2 Å². The van der Waals surface area contributed by atoms with Crippen molar-refractivity contribution in [2.45, 2.75) is 333 Å². The molecule has 708 valence electrons. The van der Waals surface area contributed by atoms with Crippen LogP contribution in [-0.2, 0) is 62.7 Å². The number of carboxylic acid groups (broad SMARTS) is 1. The third-order valence-corrected chi connectivity index (χ3v) is 19.9. The van der Waals surface area contributed by atoms with Crippen LogP contribution in [0.1, 0.15) is 424 Å². The van der Waals surface area contributed by atoms with E-state index in [9.17, 15) is 33.2 Å². The molecule has 0 saturated heterocycles. The van der Waals surface area contributed by atoms with Crippen LogP contribution in [0.15, 0.2) is 103 Å². The molecule has 0 radical (unpaired) electrons. The zero-order valence-electron chi connectivity index (χ0n) is 85.1. The van der Waals surface area contributed by atoms with E-state index in [0.717, 1.165) is 119 Å². The van der Waals surface area contributed by atoms with Gasteiger partial charge >= 0.3 is 11.9 Å². The molecule has 19 nitrogen and oxygen atoms in total. The van der Waals surface area contributed by atoms with Crippen molar-refractivity contribution in [3.63, 3.8) is 0 Å². The molecule has 0 aliphatic heterocycles. The summed E-state index contributed by atoms with van der Waals surface area (Å²) >= 11 is 0. The number of nitrogens with one attached hydrogen (secondary N) is 1. The minimum Gasteiger partial charge on any atom is -0.477 e. The maximum Gasteiger partial charge on any atom is 0.356 e. The summed E-state index contributed by atoms with van der Waals surface area (Å²) in [7, 11) is 6.53. The largest absolute Gasteiger partial charge is 0.477 e. The van der Waals surface area contributed by atoms with E-state index in [1.165, 1.54) is 45.7 Å². The fourth-order valence-corrected chi connectivity index (χ4v) is 13.0. The summed E-state index contributed by atoms with van der Waals surface area (Å²) in [4.78, 5) is 77.9. The van der Waals surface area contributed by atoms with E-state index < -0.39 is 12.4 Å². The number of alkyl halides is 2. The number of nitriles is 1. The second-order valence-corrected chi connectivity index (χ2v) is 39.5. The second kappa shape index (κ2) is 58.7. The molecule has 0 bridgehead atoms. The van der Waals surface area contributed by atoms with Crippen LogP contribution in [-0.4, -0.2) is 107 Å². The van der Waals surface area contributed by atoms with Crippen LogP contribution >= 0.6 is 0 Å². The van der Waals surface area contributed by atoms with Gasteiger partial charge in [0.2, 0.25) is 11.9 Å². The number of rotatable bonds is 30. The Hall–Kier alpha value is -9.81. The van der Waals surface area contributed by atoms with E-state index >= 15 is 0 Å². The van der Waals surface area contributed by atoms with E-state index in [2.05, 4.69) is 290 Å². The monoisotopic (exact) mass is 1770 g/mol. The fraction of sp³-hybridized carbons (Fsp3) is 0.579. The molecule has 0 aromatic carbocycles. The van der Waals surface area contributed by atoms with Crippen LogP contribution < -0.4 is 10.0 Å². The molecule has 8 heterocycles. The van der Waals surface area contributed by atoms with Crippen molar-refractivity contribution in [2.24, 2.45) is 47.3 Å². The molecule has 0 aliphatic rings. The summed E-state index contributed by atoms with van der Waals surface area (Å²) in [5.74, 6) is 6.05. The van der Waals surface area contributed by atoms with Gasteiger partial charge in [-0.2, -0.15) is 5.26 Å². The molecule has 0 atom stereocenters. The molecule has 128 heavy (non-hydrogen) atoms. The van der Waals surface area contributed by atoms with Crippen LogP contribution in [0, 0.1) is 58.7 Å². The van der Waals surface area contributed by atoms with Gasteiger partial charge in [0.25, 0.3) is 18.2 Å². The Morgan fingerprint density at radius 3 is 1.00 bits per heavy atom. The van der Waals surface area contributed by atoms with Crippen LogP contribution in [0.3, 0.4) is 0 Å². The molecule has 0 aliphatic carbocycles. The Morgan fingerprint density at radius 1 is 0.391 bits per heavy atom. The number of aliphatic hydroxyl groups is 1. The lowest BCUT2D eigenvalue weighted by atomic mass is 9.99. The fourth-order valence-electron chi connectivity index (χ4n) is 13.0. The van der Waals surface area contributed by atoms with Gasteiger partial charge < -0.3 is 25.2 Å². The number of carboxylic acids is 1. The van der Waals surface area contributed by atoms with Crippen molar-refractivity contribution in [3.05, 3.63) is 233 Å². The summed E-state index contributed by atoms with van der Waals surface area (Å²) in [5.41, 5.74) is 19.9. The van der Waals surface area contributed by atoms with Crippen molar-refractivity contribution in [3.8, 4) is 6.07 Å². The smallest absolute Gasteiger partial charge is 0.356 e. The molecule has 0 spiro atoms. The highest BCUT2D eigenvalue weighted by molar-refractivity contribution is 5.93. The SMILES string of the molecule is CC(C)Cc1cc(C(C)C)cc(C#N)n1.CC(C)Cc1cc(C(C)C)cc(C(=O)N(C)C)n1.CC(C)Cc1cc(C(C)C)cc(C(=O)O)n1.CC(C)Cc1cc(C(C)C)cc(C(F)F)n1.CC(C)Cc1cc(C(C)C)cc(CO)n1.CC(C)Cc1cc(C(C)C)cc[n+]1O.CNC(=O)c1cc(C(C)C)cc(CC(C)C)n1.COC(=O)c1cc(C(C)C)cc(CC(C)C)n1. The van der Waals surface area contributed by atoms with Crippen molar-refractivity contribution < 1.29 is 52.8 Å². The summed E-state index contributed by atoms with van der Waals surface area (Å²) in [5, 5.41) is 39.2. The number of amides is 2. The predicted octanol–water partition coefficient (Wildman–Crippen LogP) is 25.2. The zero-order valence-corrected chi connectivity index (χ0v) is 85.1. The number of hydrogen-bond donors (Lipinski definition) is 4. The number of ether oxygens (including phenoxy) is 1. The van der Waals surface area contributed by atoms with Gasteiger partial charge in [0.05, 0.1) is 19.4 Å². The van der Waals surface area contributed by atoms with Gasteiger partial charge in [-0.15, -0.1) is 0 Å². The molecule has 2 amide bonds. The number of esters is 1. The Bertz CT molecular complexity index is 4600. The molecule has 8 rings (SSSR count). The third-order valence-electron chi connectivity index (χ3n) is 19.9. The van der Waals surface area contributed by atoms with E-state index in [4.69, 9.17) is 20.2 Å². The molecule has 8 aromatic rings. The molecule has 4 N–H and O–H groups in total. The number of pyridine rings is 8. The lowest BCUT2D eigenvalue weighted by Crippen LogP contribution is -2.35. The number of aromatic nitrogens is 8. The van der Waals surface area contributed by atoms with Crippen LogP contribution in [0.4, 0.5) is 8.78 Å². The number of hydrogen-bond acceptors (Lipinski definition) is 15. The molecular formula is C107H164F2N11O8+. The summed E-state index contributed by atoms with van der Waals surface area (Å²) in [6, 6.07) is 33.4. The van der Waals surface area contributed by atoms with Crippen molar-refractivity contribution in [1.82, 2.24) is 45.1 Å². The number of halogens is 2. The van der Waals surface area contributed by atoms with Crippen LogP contribution in [0.25, 0.3) is 0 Å². The number of aromatic carboxylic acids is 1. The highest BCUT2D eigenvalue weighted by Crippen LogP contribution is 2.28. The van der Waals surface area contributed by atoms with Gasteiger partial charge in [-0.3, -0.25) is 24.8 Å². The van der Waals surface area contributed by atoms with Gasteiger partial charge in [0.15, 0.2) is 0 Å². The van der Waals surface area contributed by atoms with E-state index in [-0.39, 0.29) is 41.7 Å². The lowest BCUT2D eigenvalue weighted by molar-refractivity contribution is -0.909. The first-order valence-corrected chi connectivity index (χ1v) is 46.4. The number of carbonyl (C=O) groups excluding carboxylic acids is 3. The summed E-state index contributed by atoms with van der Waals surface area (Å²) in [6.07, 6.45) is 6.35. The number of aliphatic hydroxyl groups excluding tert-OH is 1. The lowest BCUT2D eigenvalue weighted by Gasteiger charge is -2.15. The van der Waals surface area contributed by atoms with Crippen molar-refractivity contribution in [1.29, 1.82) is 5.26 Å². The molecule has 0 unspecified atom stereocenters. The van der Waals surface area contributed by atoms with Gasteiger partial charge in [-0.05, 0) is 269 Å². The third kappa shape index (κ3) is 45.9. The highest BCUT2D eigenvalue weighted by Gasteiger charge is 2.21. The van der Waals surface area contributed by atoms with E-state index in [0.29, 0.717) is 112 Å². The van der Waals surface area contributed by atoms with Gasteiger partial charge in [-0.25, -0.2) is 43.3 Å². The van der Waals surface area contributed by atoms with Gasteiger partial charge in [0, 0.05) is 84.3 Å². The molecule has 21 heteroatoms. The normalized spacial score (nSPS) is 11.2. The average Bonchev–Trinajstić information content (AvgIpc) is 0.855.